The second-order valence-electron chi connectivity index (χ2n) is 11.2. The number of ether oxygens (including phenoxy) is 1. The summed E-state index contributed by atoms with van der Waals surface area (Å²) in [7, 11) is -4.75. The van der Waals surface area contributed by atoms with E-state index in [1.54, 1.807) is 10.6 Å². The number of fused-ring (bicyclic) bond motifs is 5. The van der Waals surface area contributed by atoms with Crippen LogP contribution < -0.4 is 5.32 Å². The van der Waals surface area contributed by atoms with Crippen molar-refractivity contribution in [3.8, 4) is 0 Å². The van der Waals surface area contributed by atoms with Crippen molar-refractivity contribution >= 4 is 46.3 Å². The maximum absolute atomic E-state index is 11.3. The van der Waals surface area contributed by atoms with E-state index >= 15 is 0 Å². The van der Waals surface area contributed by atoms with E-state index in [1.807, 2.05) is 43.3 Å². The van der Waals surface area contributed by atoms with E-state index in [0.717, 1.165) is 27.1 Å². The molecular weight excluding hydrogens is 593 g/mol. The van der Waals surface area contributed by atoms with E-state index in [0.29, 0.717) is 22.3 Å². The van der Waals surface area contributed by atoms with Gasteiger partial charge in [0.15, 0.2) is 17.0 Å². The highest BCUT2D eigenvalue weighted by Gasteiger charge is 2.42. The quantitative estimate of drug-likeness (QED) is 0.107. The smallest absolute Gasteiger partial charge is 0.390 e. The highest BCUT2D eigenvalue weighted by molar-refractivity contribution is 7.46. The molecule has 0 radical (unpaired) electrons. The largest absolute Gasteiger partial charge is 0.469 e. The maximum atomic E-state index is 11.3. The summed E-state index contributed by atoms with van der Waals surface area (Å²) in [5.41, 5.74) is 2.80. The predicted molar refractivity (Wildman–Crippen MR) is 157 cm³/mol. The van der Waals surface area contributed by atoms with E-state index in [9.17, 15) is 25.0 Å². The molecule has 7 atom stereocenters. The topological polar surface area (TPSA) is 213 Å². The first-order valence-electron chi connectivity index (χ1n) is 14.0. The van der Waals surface area contributed by atoms with Crippen molar-refractivity contribution in [2.45, 2.75) is 56.1 Å². The Morgan fingerprint density at radius 1 is 1.02 bits per heavy atom. The van der Waals surface area contributed by atoms with Crippen LogP contribution in [-0.2, 0) is 13.8 Å². The van der Waals surface area contributed by atoms with Gasteiger partial charge in [-0.05, 0) is 51.2 Å². The normalized spacial score (nSPS) is 27.3. The minimum Gasteiger partial charge on any atom is -0.390 e. The number of anilines is 1. The maximum Gasteiger partial charge on any atom is 0.469 e. The van der Waals surface area contributed by atoms with Crippen LogP contribution in [0.15, 0.2) is 55.1 Å². The number of nitrogens with zero attached hydrogens (tertiary/aromatic N) is 4. The molecule has 44 heavy (non-hydrogen) atoms. The molecule has 3 heterocycles. The van der Waals surface area contributed by atoms with Gasteiger partial charge in [0, 0.05) is 6.42 Å². The van der Waals surface area contributed by atoms with E-state index < -0.39 is 57.2 Å². The third-order valence-corrected chi connectivity index (χ3v) is 9.09. The van der Waals surface area contributed by atoms with Crippen LogP contribution >= 0.6 is 7.82 Å². The van der Waals surface area contributed by atoms with Crippen molar-refractivity contribution in [3.05, 3.63) is 71.8 Å². The summed E-state index contributed by atoms with van der Waals surface area (Å²) in [6.07, 6.45) is -4.18. The molecule has 0 saturated carbocycles. The van der Waals surface area contributed by atoms with Crippen molar-refractivity contribution in [2.24, 2.45) is 0 Å². The molecule has 1 fully saturated rings. The number of aryl methyl sites for hydroxylation is 1. The van der Waals surface area contributed by atoms with Crippen molar-refractivity contribution in [2.75, 3.05) is 11.9 Å². The van der Waals surface area contributed by atoms with Crippen LogP contribution in [0.25, 0.3) is 32.7 Å². The Hall–Kier alpha value is -3.56. The van der Waals surface area contributed by atoms with Crippen molar-refractivity contribution in [1.29, 1.82) is 0 Å². The first kappa shape index (κ1) is 29.2. The lowest BCUT2D eigenvalue weighted by molar-refractivity contribution is -0.0766. The Kier molecular flexibility index (Phi) is 7.16. The summed E-state index contributed by atoms with van der Waals surface area (Å²) in [5.74, 6) is 0.252. The number of rotatable bonds is 6. The lowest BCUT2D eigenvalue weighted by atomic mass is 9.78. The zero-order chi connectivity index (χ0) is 30.9. The number of phosphoric ester groups is 1. The molecule has 3 aromatic carbocycles. The Morgan fingerprint density at radius 3 is 2.61 bits per heavy atom. The molecule has 3 unspecified atom stereocenters. The Morgan fingerprint density at radius 2 is 1.82 bits per heavy atom. The average Bonchev–Trinajstić information content (AvgIpc) is 3.60. The van der Waals surface area contributed by atoms with Crippen LogP contribution in [0.2, 0.25) is 0 Å². The van der Waals surface area contributed by atoms with Gasteiger partial charge in [-0.3, -0.25) is 9.09 Å². The van der Waals surface area contributed by atoms with Gasteiger partial charge in [0.2, 0.25) is 0 Å². The van der Waals surface area contributed by atoms with Crippen LogP contribution in [-0.4, -0.2) is 80.8 Å². The minimum atomic E-state index is -4.75. The first-order valence-corrected chi connectivity index (χ1v) is 15.5. The van der Waals surface area contributed by atoms with Gasteiger partial charge < -0.3 is 40.3 Å². The molecule has 2 aromatic heterocycles. The SMILES string of the molecule is Cc1c2ccccc2cc2c3c(ccc12)[C@H](O)[C@@H](O)[C@@H](O)[C@@H]3Nc1ncnc2c1ncn2C1CC(O)C(COP(=O)(O)O)O1. The number of hydrogen-bond acceptors (Lipinski definition) is 11. The standard InChI is InChI=1S/C29H30N5O9P/c1-13-15-5-3-2-4-14(15)8-18-16(13)6-7-17-22(18)23(26(37)27(38)25(17)36)33-28-24-29(31-11-30-28)34(12-32-24)21-9-19(35)20(43-21)10-42-44(39,40)41/h2-8,11-12,19-21,23,25-27,35-38H,9-10H2,1H3,(H,30,31,33)(H2,39,40,41)/t19?,20?,21?,23-,25+,26+,27-/m1/s1. The third-order valence-electron chi connectivity index (χ3n) is 8.61. The Labute approximate surface area is 249 Å². The summed E-state index contributed by atoms with van der Waals surface area (Å²) in [6.45, 7) is 1.52. The van der Waals surface area contributed by atoms with Crippen LogP contribution in [0, 0.1) is 6.92 Å². The van der Waals surface area contributed by atoms with Crippen LogP contribution in [0.3, 0.4) is 0 Å². The number of nitrogens with one attached hydrogen (secondary N) is 1. The van der Waals surface area contributed by atoms with E-state index in [4.69, 9.17) is 14.5 Å². The molecule has 14 nitrogen and oxygen atoms in total. The van der Waals surface area contributed by atoms with E-state index in [-0.39, 0.29) is 12.2 Å². The zero-order valence-corrected chi connectivity index (χ0v) is 24.2. The molecule has 1 saturated heterocycles. The Balaban J connectivity index is 1.28. The monoisotopic (exact) mass is 623 g/mol. The fourth-order valence-corrected chi connectivity index (χ4v) is 6.77. The summed E-state index contributed by atoms with van der Waals surface area (Å²) < 4.78 is 23.0. The lowest BCUT2D eigenvalue weighted by Gasteiger charge is -2.38. The third kappa shape index (κ3) is 4.85. The van der Waals surface area contributed by atoms with Crippen molar-refractivity contribution in [3.63, 3.8) is 0 Å². The van der Waals surface area contributed by atoms with Gasteiger partial charge in [-0.1, -0.05) is 36.4 Å². The molecule has 0 spiro atoms. The van der Waals surface area contributed by atoms with Gasteiger partial charge in [-0.25, -0.2) is 19.5 Å². The molecular formula is C29H30N5O9P. The fraction of sp³-hybridized carbons (Fsp3) is 0.345. The van der Waals surface area contributed by atoms with Crippen molar-refractivity contribution < 1.29 is 44.0 Å². The van der Waals surface area contributed by atoms with E-state index in [1.165, 1.54) is 12.7 Å². The number of phosphoric acid groups is 1. The average molecular weight is 624 g/mol. The molecule has 2 aliphatic rings. The number of aromatic nitrogens is 4. The summed E-state index contributed by atoms with van der Waals surface area (Å²) >= 11 is 0. The summed E-state index contributed by atoms with van der Waals surface area (Å²) in [6, 6.07) is 12.8. The highest BCUT2D eigenvalue weighted by Crippen LogP contribution is 2.45. The Bertz CT molecular complexity index is 1950. The van der Waals surface area contributed by atoms with Gasteiger partial charge in [0.05, 0.1) is 25.1 Å². The molecule has 15 heteroatoms. The predicted octanol–water partition coefficient (Wildman–Crippen LogP) is 2.12. The van der Waals surface area contributed by atoms with E-state index in [2.05, 4.69) is 24.8 Å². The molecule has 5 aromatic rings. The second kappa shape index (κ2) is 10.8. The fourth-order valence-electron chi connectivity index (χ4n) is 6.42. The van der Waals surface area contributed by atoms with Gasteiger partial charge >= 0.3 is 7.82 Å². The lowest BCUT2D eigenvalue weighted by Crippen LogP contribution is -2.44. The number of benzene rings is 3. The van der Waals surface area contributed by atoms with Gasteiger partial charge in [0.1, 0.15) is 37.0 Å². The van der Waals surface area contributed by atoms with Crippen LogP contribution in [0.4, 0.5) is 5.82 Å². The first-order chi connectivity index (χ1) is 21.0. The summed E-state index contributed by atoms with van der Waals surface area (Å²) in [4.78, 5) is 31.2. The molecule has 1 aliphatic carbocycles. The van der Waals surface area contributed by atoms with Crippen LogP contribution in [0.5, 0.6) is 0 Å². The summed E-state index contributed by atoms with van der Waals surface area (Å²) in [5, 5.41) is 50.7. The van der Waals surface area contributed by atoms with Crippen molar-refractivity contribution in [1.82, 2.24) is 19.5 Å². The molecule has 230 valence electrons. The molecule has 7 N–H and O–H groups in total. The zero-order valence-electron chi connectivity index (χ0n) is 23.3. The number of hydrogen-bond donors (Lipinski definition) is 7. The molecule has 0 bridgehead atoms. The number of aliphatic hydroxyl groups excluding tert-OH is 4. The molecule has 0 amide bonds. The highest BCUT2D eigenvalue weighted by atomic mass is 31.2. The van der Waals surface area contributed by atoms with Gasteiger partial charge in [-0.15, -0.1) is 0 Å². The van der Waals surface area contributed by atoms with Crippen LogP contribution in [0.1, 0.15) is 41.5 Å². The van der Waals surface area contributed by atoms with Gasteiger partial charge in [-0.2, -0.15) is 0 Å². The number of imidazole rings is 1. The minimum absolute atomic E-state index is 0.0888. The molecule has 1 aliphatic heterocycles. The second-order valence-corrected chi connectivity index (χ2v) is 12.4. The van der Waals surface area contributed by atoms with Gasteiger partial charge in [0.25, 0.3) is 0 Å². The number of aliphatic hydroxyl groups is 4. The molecule has 7 rings (SSSR count).